The number of carbonyl (C=O) groups excluding carboxylic acids is 1. The Bertz CT molecular complexity index is 1430. The van der Waals surface area contributed by atoms with Gasteiger partial charge in [0.05, 0.1) is 11.1 Å². The van der Waals surface area contributed by atoms with Gasteiger partial charge in [0.2, 0.25) is 5.78 Å². The van der Waals surface area contributed by atoms with E-state index in [1.54, 1.807) is 6.08 Å². The number of ether oxygens (including phenoxy) is 1. The molecular weight excluding hydrogens is 496 g/mol. The molecule has 0 aromatic heterocycles. The molecule has 0 saturated carbocycles. The van der Waals surface area contributed by atoms with E-state index in [0.717, 1.165) is 44.5 Å². The molecule has 2 N–H and O–H groups in total. The normalized spacial score (nSPS) is 13.9. The van der Waals surface area contributed by atoms with Crippen molar-refractivity contribution in [3.05, 3.63) is 110 Å². The molecule has 1 aliphatic carbocycles. The standard InChI is InChI=1S/C36H44O4/c1-10-12-28-31-25(16-13-21(3)4)24(9)26(17-14-22(5)6)35(38)34(31)36(39)33-29(37)20-30(40-19-11-2)27(32(28)33)18-15-23(7)8/h10-15,20,28,37-38H,2,16-19H2,1,3-9H3. The fourth-order valence-electron chi connectivity index (χ4n) is 5.42. The topological polar surface area (TPSA) is 66.8 Å². The predicted molar refractivity (Wildman–Crippen MR) is 166 cm³/mol. The Labute approximate surface area is 240 Å². The van der Waals surface area contributed by atoms with Gasteiger partial charge in [-0.25, -0.2) is 0 Å². The number of rotatable bonds is 10. The van der Waals surface area contributed by atoms with Crippen LogP contribution in [0.2, 0.25) is 0 Å². The van der Waals surface area contributed by atoms with Gasteiger partial charge in [-0.05, 0) is 96.9 Å². The fourth-order valence-corrected chi connectivity index (χ4v) is 5.42. The Hall–Kier alpha value is -3.79. The van der Waals surface area contributed by atoms with E-state index in [4.69, 9.17) is 4.74 Å². The molecule has 0 fully saturated rings. The van der Waals surface area contributed by atoms with Gasteiger partial charge in [0.1, 0.15) is 23.9 Å². The van der Waals surface area contributed by atoms with Crippen molar-refractivity contribution in [1.29, 1.82) is 0 Å². The first-order valence-electron chi connectivity index (χ1n) is 14.0. The van der Waals surface area contributed by atoms with Crippen LogP contribution in [-0.4, -0.2) is 22.6 Å². The third-order valence-electron chi connectivity index (χ3n) is 7.40. The van der Waals surface area contributed by atoms with Crippen molar-refractivity contribution in [3.63, 3.8) is 0 Å². The second kappa shape index (κ2) is 13.0. The summed E-state index contributed by atoms with van der Waals surface area (Å²) in [6.45, 7) is 20.3. The Morgan fingerprint density at radius 2 is 1.40 bits per heavy atom. The highest BCUT2D eigenvalue weighted by Gasteiger charge is 2.40. The van der Waals surface area contributed by atoms with Gasteiger partial charge in [-0.15, -0.1) is 0 Å². The zero-order valence-corrected chi connectivity index (χ0v) is 25.4. The first-order chi connectivity index (χ1) is 18.9. The first-order valence-corrected chi connectivity index (χ1v) is 14.0. The monoisotopic (exact) mass is 540 g/mol. The molecule has 212 valence electrons. The maximum absolute atomic E-state index is 14.4. The van der Waals surface area contributed by atoms with Crippen LogP contribution in [0.5, 0.6) is 17.2 Å². The van der Waals surface area contributed by atoms with Crippen LogP contribution >= 0.6 is 0 Å². The molecule has 2 aromatic carbocycles. The summed E-state index contributed by atoms with van der Waals surface area (Å²) in [7, 11) is 0. The van der Waals surface area contributed by atoms with Gasteiger partial charge >= 0.3 is 0 Å². The van der Waals surface area contributed by atoms with Crippen LogP contribution in [0, 0.1) is 6.92 Å². The molecule has 4 heteroatoms. The molecule has 0 bridgehead atoms. The number of phenols is 2. The number of carbonyl (C=O) groups is 1. The average molecular weight is 541 g/mol. The molecule has 2 aromatic rings. The second-order valence-electron chi connectivity index (χ2n) is 11.3. The number of benzene rings is 2. The van der Waals surface area contributed by atoms with E-state index in [9.17, 15) is 15.0 Å². The van der Waals surface area contributed by atoms with Crippen molar-refractivity contribution in [1.82, 2.24) is 0 Å². The van der Waals surface area contributed by atoms with Crippen molar-refractivity contribution in [2.75, 3.05) is 6.61 Å². The van der Waals surface area contributed by atoms with E-state index in [-0.39, 0.29) is 35.4 Å². The number of fused-ring (bicyclic) bond motifs is 2. The lowest BCUT2D eigenvalue weighted by atomic mass is 9.70. The smallest absolute Gasteiger partial charge is 0.201 e. The highest BCUT2D eigenvalue weighted by Crippen LogP contribution is 2.51. The summed E-state index contributed by atoms with van der Waals surface area (Å²) in [5.41, 5.74) is 9.17. The van der Waals surface area contributed by atoms with Gasteiger partial charge in [-0.2, -0.15) is 0 Å². The maximum atomic E-state index is 14.4. The van der Waals surface area contributed by atoms with Crippen molar-refractivity contribution < 1.29 is 19.7 Å². The van der Waals surface area contributed by atoms with Gasteiger partial charge in [0.25, 0.3) is 0 Å². The third kappa shape index (κ3) is 6.17. The minimum atomic E-state index is -0.355. The fraction of sp³-hybridized carbons (Fsp3) is 0.361. The molecule has 0 radical (unpaired) electrons. The predicted octanol–water partition coefficient (Wildman–Crippen LogP) is 8.75. The molecule has 0 heterocycles. The molecule has 1 aliphatic rings. The molecule has 3 rings (SSSR count). The van der Waals surface area contributed by atoms with Gasteiger partial charge in [0.15, 0.2) is 0 Å². The van der Waals surface area contributed by atoms with Gasteiger partial charge in [0, 0.05) is 23.1 Å². The zero-order chi connectivity index (χ0) is 29.7. The average Bonchev–Trinajstić information content (AvgIpc) is 2.87. The second-order valence-corrected chi connectivity index (χ2v) is 11.3. The van der Waals surface area contributed by atoms with Crippen LogP contribution in [0.3, 0.4) is 0 Å². The van der Waals surface area contributed by atoms with Crippen molar-refractivity contribution in [2.24, 2.45) is 0 Å². The largest absolute Gasteiger partial charge is 0.507 e. The van der Waals surface area contributed by atoms with Crippen molar-refractivity contribution in [3.8, 4) is 17.2 Å². The van der Waals surface area contributed by atoms with Crippen LogP contribution in [0.25, 0.3) is 0 Å². The van der Waals surface area contributed by atoms with Crippen LogP contribution in [0.4, 0.5) is 0 Å². The summed E-state index contributed by atoms with van der Waals surface area (Å²) >= 11 is 0. The third-order valence-corrected chi connectivity index (χ3v) is 7.40. The van der Waals surface area contributed by atoms with Crippen LogP contribution < -0.4 is 4.74 Å². The first kappa shape index (κ1) is 30.7. The maximum Gasteiger partial charge on any atom is 0.201 e. The SMILES string of the molecule is C=CCOc1cc(O)c2c(c1CC=C(C)C)C(C=CC)c1c(CC=C(C)C)c(C)c(CC=C(C)C)c(O)c1C2=O. The Morgan fingerprint density at radius 3 is 1.93 bits per heavy atom. The van der Waals surface area contributed by atoms with E-state index >= 15 is 0 Å². The molecule has 1 unspecified atom stereocenters. The highest BCUT2D eigenvalue weighted by molar-refractivity contribution is 6.17. The van der Waals surface area contributed by atoms with E-state index in [2.05, 4.69) is 44.7 Å². The number of hydrogen-bond acceptors (Lipinski definition) is 4. The lowest BCUT2D eigenvalue weighted by molar-refractivity contribution is 0.102. The van der Waals surface area contributed by atoms with Gasteiger partial charge in [-0.3, -0.25) is 4.79 Å². The van der Waals surface area contributed by atoms with E-state index in [1.807, 2.05) is 47.6 Å². The highest BCUT2D eigenvalue weighted by atomic mass is 16.5. The molecular formula is C36H44O4. The number of allylic oxidation sites excluding steroid dienone is 8. The summed E-state index contributed by atoms with van der Waals surface area (Å²) in [4.78, 5) is 14.4. The van der Waals surface area contributed by atoms with Crippen LogP contribution in [0.15, 0.2) is 65.8 Å². The molecule has 0 spiro atoms. The summed E-state index contributed by atoms with van der Waals surface area (Å²) in [5, 5.41) is 23.0. The van der Waals surface area contributed by atoms with Crippen molar-refractivity contribution in [2.45, 2.75) is 80.6 Å². The number of hydrogen-bond donors (Lipinski definition) is 2. The van der Waals surface area contributed by atoms with Crippen molar-refractivity contribution >= 4 is 5.78 Å². The minimum absolute atomic E-state index is 0.00772. The minimum Gasteiger partial charge on any atom is -0.507 e. The van der Waals surface area contributed by atoms with E-state index < -0.39 is 0 Å². The zero-order valence-electron chi connectivity index (χ0n) is 25.4. The Kier molecular flexibility index (Phi) is 10.0. The van der Waals surface area contributed by atoms with E-state index in [0.29, 0.717) is 30.6 Å². The van der Waals surface area contributed by atoms with Crippen LogP contribution in [0.1, 0.15) is 104 Å². The molecule has 40 heavy (non-hydrogen) atoms. The lowest BCUT2D eigenvalue weighted by Gasteiger charge is -2.33. The molecule has 0 amide bonds. The summed E-state index contributed by atoms with van der Waals surface area (Å²) in [6, 6.07) is 1.53. The Morgan fingerprint density at radius 1 is 0.875 bits per heavy atom. The number of ketones is 1. The lowest BCUT2D eigenvalue weighted by Crippen LogP contribution is -2.24. The molecule has 0 aliphatic heterocycles. The summed E-state index contributed by atoms with van der Waals surface area (Å²) in [5.74, 6) is -0.308. The molecule has 1 atom stereocenters. The summed E-state index contributed by atoms with van der Waals surface area (Å²) < 4.78 is 6.04. The van der Waals surface area contributed by atoms with E-state index in [1.165, 1.54) is 11.6 Å². The summed E-state index contributed by atoms with van der Waals surface area (Å²) in [6.07, 6.45) is 13.8. The van der Waals surface area contributed by atoms with Crippen LogP contribution in [-0.2, 0) is 19.3 Å². The quantitative estimate of drug-likeness (QED) is 0.296. The number of aromatic hydroxyl groups is 2. The molecule has 4 nitrogen and oxygen atoms in total. The van der Waals surface area contributed by atoms with Gasteiger partial charge < -0.3 is 14.9 Å². The Balaban J connectivity index is 2.52. The molecule has 0 saturated heterocycles. The van der Waals surface area contributed by atoms with Gasteiger partial charge in [-0.1, -0.05) is 59.8 Å². The number of phenolic OH excluding ortho intramolecular Hbond substituents is 2.